The monoisotopic (exact) mass is 283 g/mol. The van der Waals surface area contributed by atoms with Crippen molar-refractivity contribution in [2.45, 2.75) is 52.2 Å². The maximum absolute atomic E-state index is 5.98. The summed E-state index contributed by atoms with van der Waals surface area (Å²) in [6.07, 6.45) is 3.79. The third kappa shape index (κ3) is 3.68. The number of thiazole rings is 1. The van der Waals surface area contributed by atoms with Gasteiger partial charge in [0, 0.05) is 30.6 Å². The van der Waals surface area contributed by atoms with E-state index in [1.165, 1.54) is 17.7 Å². The highest BCUT2D eigenvalue weighted by Crippen LogP contribution is 2.31. The molecule has 1 fully saturated rings. The zero-order valence-corrected chi connectivity index (χ0v) is 13.0. The van der Waals surface area contributed by atoms with E-state index < -0.39 is 0 Å². The minimum Gasteiger partial charge on any atom is -0.376 e. The summed E-state index contributed by atoms with van der Waals surface area (Å²) in [5, 5.41) is 1.11. The Balaban J connectivity index is 2.02. The molecule has 0 bridgehead atoms. The lowest BCUT2D eigenvalue weighted by molar-refractivity contribution is 0.0440. The van der Waals surface area contributed by atoms with Gasteiger partial charge in [-0.1, -0.05) is 6.92 Å². The molecule has 2 heterocycles. The van der Waals surface area contributed by atoms with Gasteiger partial charge in [-0.2, -0.15) is 0 Å². The minimum absolute atomic E-state index is 0.0724. The lowest BCUT2D eigenvalue weighted by atomic mass is 10.1. The second-order valence-corrected chi connectivity index (χ2v) is 6.32. The molecule has 0 saturated carbocycles. The van der Waals surface area contributed by atoms with Gasteiger partial charge in [-0.05, 0) is 33.1 Å². The molecule has 2 N–H and O–H groups in total. The topological polar surface area (TPSA) is 51.4 Å². The fraction of sp³-hybridized carbons (Fsp3) is 0.786. The van der Waals surface area contributed by atoms with Crippen LogP contribution in [0.15, 0.2) is 0 Å². The largest absolute Gasteiger partial charge is 0.376 e. The number of ether oxygens (including phenoxy) is 1. The zero-order valence-electron chi connectivity index (χ0n) is 12.2. The number of aromatic nitrogens is 1. The number of nitrogens with two attached hydrogens (primary N) is 1. The quantitative estimate of drug-likeness (QED) is 0.903. The first-order valence-electron chi connectivity index (χ1n) is 7.21. The highest BCUT2D eigenvalue weighted by molar-refractivity contribution is 7.15. The second kappa shape index (κ2) is 6.68. The van der Waals surface area contributed by atoms with Crippen LogP contribution in [0.3, 0.4) is 0 Å². The summed E-state index contributed by atoms with van der Waals surface area (Å²) in [6.45, 7) is 9.13. The molecule has 0 radical (unpaired) electrons. The van der Waals surface area contributed by atoms with Crippen LogP contribution in [0, 0.1) is 6.92 Å². The van der Waals surface area contributed by atoms with Gasteiger partial charge in [0.25, 0.3) is 0 Å². The summed E-state index contributed by atoms with van der Waals surface area (Å²) < 4.78 is 5.88. The number of anilines is 1. The molecule has 0 aliphatic carbocycles. The van der Waals surface area contributed by atoms with Gasteiger partial charge in [-0.25, -0.2) is 4.98 Å². The standard InChI is InChI=1S/C14H25N3OS/c1-4-8-18-12-6-5-7-17(9-12)14-16-11(3)13(19-14)10(2)15/h10,12H,4-9,15H2,1-3H3. The Morgan fingerprint density at radius 3 is 3.00 bits per heavy atom. The van der Waals surface area contributed by atoms with Gasteiger partial charge in [0.15, 0.2) is 5.13 Å². The van der Waals surface area contributed by atoms with Crippen molar-refractivity contribution in [2.75, 3.05) is 24.6 Å². The van der Waals surface area contributed by atoms with E-state index in [4.69, 9.17) is 10.5 Å². The molecular formula is C14H25N3OS. The van der Waals surface area contributed by atoms with E-state index in [2.05, 4.69) is 16.8 Å². The van der Waals surface area contributed by atoms with Crippen LogP contribution in [0.4, 0.5) is 5.13 Å². The molecule has 1 aromatic heterocycles. The Morgan fingerprint density at radius 2 is 2.37 bits per heavy atom. The number of nitrogens with zero attached hydrogens (tertiary/aromatic N) is 2. The Labute approximate surface area is 120 Å². The molecule has 2 atom stereocenters. The van der Waals surface area contributed by atoms with Crippen LogP contribution in [0.25, 0.3) is 0 Å². The van der Waals surface area contributed by atoms with E-state index in [9.17, 15) is 0 Å². The van der Waals surface area contributed by atoms with Crippen LogP contribution >= 0.6 is 11.3 Å². The predicted molar refractivity (Wildman–Crippen MR) is 80.9 cm³/mol. The van der Waals surface area contributed by atoms with Gasteiger partial charge in [-0.3, -0.25) is 0 Å². The summed E-state index contributed by atoms with van der Waals surface area (Å²) in [5.41, 5.74) is 7.05. The highest BCUT2D eigenvalue weighted by atomic mass is 32.1. The van der Waals surface area contributed by atoms with Gasteiger partial charge < -0.3 is 15.4 Å². The normalized spacial score (nSPS) is 21.7. The van der Waals surface area contributed by atoms with Crippen LogP contribution in [-0.4, -0.2) is 30.8 Å². The lowest BCUT2D eigenvalue weighted by Gasteiger charge is -2.32. The average molecular weight is 283 g/mol. The van der Waals surface area contributed by atoms with Gasteiger partial charge in [-0.15, -0.1) is 11.3 Å². The number of hydrogen-bond acceptors (Lipinski definition) is 5. The van der Waals surface area contributed by atoms with Crippen molar-refractivity contribution in [3.63, 3.8) is 0 Å². The summed E-state index contributed by atoms with van der Waals surface area (Å²) in [7, 11) is 0. The molecule has 1 aromatic rings. The van der Waals surface area contributed by atoms with Gasteiger partial charge >= 0.3 is 0 Å². The number of piperidine rings is 1. The SMILES string of the molecule is CCCOC1CCCN(c2nc(C)c(C(C)N)s2)C1. The second-order valence-electron chi connectivity index (χ2n) is 5.32. The van der Waals surface area contributed by atoms with E-state index >= 15 is 0 Å². The molecule has 0 aromatic carbocycles. The third-order valence-electron chi connectivity index (χ3n) is 3.44. The van der Waals surface area contributed by atoms with Crippen LogP contribution in [0.2, 0.25) is 0 Å². The first-order chi connectivity index (χ1) is 9.11. The lowest BCUT2D eigenvalue weighted by Crippen LogP contribution is -2.39. The maximum atomic E-state index is 5.98. The molecular weight excluding hydrogens is 258 g/mol. The fourth-order valence-electron chi connectivity index (χ4n) is 2.48. The summed E-state index contributed by atoms with van der Waals surface area (Å²) in [5.74, 6) is 0. The molecule has 5 heteroatoms. The maximum Gasteiger partial charge on any atom is 0.185 e. The first-order valence-corrected chi connectivity index (χ1v) is 8.03. The molecule has 1 saturated heterocycles. The molecule has 0 spiro atoms. The number of aryl methyl sites for hydroxylation is 1. The van der Waals surface area contributed by atoms with E-state index in [1.807, 2.05) is 13.8 Å². The van der Waals surface area contributed by atoms with Crippen molar-refractivity contribution in [3.8, 4) is 0 Å². The van der Waals surface area contributed by atoms with Crippen LogP contribution < -0.4 is 10.6 Å². The van der Waals surface area contributed by atoms with Crippen molar-refractivity contribution in [3.05, 3.63) is 10.6 Å². The third-order valence-corrected chi connectivity index (χ3v) is 4.86. The Bertz CT molecular complexity index is 405. The number of hydrogen-bond donors (Lipinski definition) is 1. The molecule has 1 aliphatic heterocycles. The first kappa shape index (κ1) is 14.8. The van der Waals surface area contributed by atoms with Crippen molar-refractivity contribution >= 4 is 16.5 Å². The van der Waals surface area contributed by atoms with E-state index in [0.717, 1.165) is 36.9 Å². The molecule has 108 valence electrons. The summed E-state index contributed by atoms with van der Waals surface area (Å²) >= 11 is 1.73. The molecule has 2 rings (SSSR count). The molecule has 4 nitrogen and oxygen atoms in total. The van der Waals surface area contributed by atoms with Crippen molar-refractivity contribution < 1.29 is 4.74 Å². The molecule has 2 unspecified atom stereocenters. The zero-order chi connectivity index (χ0) is 13.8. The summed E-state index contributed by atoms with van der Waals surface area (Å²) in [4.78, 5) is 8.23. The molecule has 1 aliphatic rings. The van der Waals surface area contributed by atoms with Crippen molar-refractivity contribution in [1.29, 1.82) is 0 Å². The Morgan fingerprint density at radius 1 is 1.58 bits per heavy atom. The predicted octanol–water partition coefficient (Wildman–Crippen LogP) is 2.87. The van der Waals surface area contributed by atoms with E-state index in [0.29, 0.717) is 6.10 Å². The molecule has 0 amide bonds. The van der Waals surface area contributed by atoms with Gasteiger partial charge in [0.2, 0.25) is 0 Å². The molecule has 19 heavy (non-hydrogen) atoms. The smallest absolute Gasteiger partial charge is 0.185 e. The minimum atomic E-state index is 0.0724. The van der Waals surface area contributed by atoms with Crippen molar-refractivity contribution in [1.82, 2.24) is 4.98 Å². The van der Waals surface area contributed by atoms with Crippen LogP contribution in [-0.2, 0) is 4.74 Å². The highest BCUT2D eigenvalue weighted by Gasteiger charge is 2.23. The number of rotatable bonds is 5. The fourth-order valence-corrected chi connectivity index (χ4v) is 3.54. The van der Waals surface area contributed by atoms with E-state index in [-0.39, 0.29) is 6.04 Å². The van der Waals surface area contributed by atoms with Gasteiger partial charge in [0.05, 0.1) is 11.8 Å². The Hall–Kier alpha value is -0.650. The van der Waals surface area contributed by atoms with Gasteiger partial charge in [0.1, 0.15) is 0 Å². The van der Waals surface area contributed by atoms with Crippen LogP contribution in [0.1, 0.15) is 49.7 Å². The van der Waals surface area contributed by atoms with Crippen molar-refractivity contribution in [2.24, 2.45) is 5.73 Å². The average Bonchev–Trinajstić information content (AvgIpc) is 2.79. The summed E-state index contributed by atoms with van der Waals surface area (Å²) in [6, 6.07) is 0.0724. The van der Waals surface area contributed by atoms with Crippen LogP contribution in [0.5, 0.6) is 0 Å². The Kier molecular flexibility index (Phi) is 5.19. The van der Waals surface area contributed by atoms with E-state index in [1.54, 1.807) is 11.3 Å².